The van der Waals surface area contributed by atoms with Crippen molar-refractivity contribution >= 4 is 11.3 Å². The first-order valence-corrected chi connectivity index (χ1v) is 6.04. The van der Waals surface area contributed by atoms with E-state index in [9.17, 15) is 0 Å². The second-order valence-corrected chi connectivity index (χ2v) is 4.51. The Morgan fingerprint density at radius 1 is 1.42 bits per heavy atom. The van der Waals surface area contributed by atoms with Gasteiger partial charge in [0.25, 0.3) is 0 Å². The maximum absolute atomic E-state index is 4.50. The summed E-state index contributed by atoms with van der Waals surface area (Å²) in [7, 11) is 0. The summed E-state index contributed by atoms with van der Waals surface area (Å²) in [5.74, 6) is 1.73. The number of tetrazole rings is 1. The average molecular weight is 258 g/mol. The molecule has 0 unspecified atom stereocenters. The number of rotatable bonds is 4. The van der Waals surface area contributed by atoms with Gasteiger partial charge in [0.05, 0.1) is 12.2 Å². The molecule has 0 fully saturated rings. The summed E-state index contributed by atoms with van der Waals surface area (Å²) < 4.78 is 1.82. The molecule has 3 aromatic rings. The molecule has 0 spiro atoms. The molecule has 19 heavy (non-hydrogen) atoms. The standard InChI is InChI=1S/C11H14N8/c1-7(2)8-5-9-11(12-3-4-19(9)16-8)13-6-10-14-17-18-15-10/h3-5,7H,6H2,1-2H3,(H,12,13)(H,14,15,17,18). The van der Waals surface area contributed by atoms with Crippen LogP contribution in [0.1, 0.15) is 31.3 Å². The third-order valence-electron chi connectivity index (χ3n) is 2.80. The van der Waals surface area contributed by atoms with Gasteiger partial charge in [-0.2, -0.15) is 10.3 Å². The van der Waals surface area contributed by atoms with Crippen molar-refractivity contribution in [2.75, 3.05) is 5.32 Å². The highest BCUT2D eigenvalue weighted by Crippen LogP contribution is 2.19. The molecule has 2 N–H and O–H groups in total. The summed E-state index contributed by atoms with van der Waals surface area (Å²) >= 11 is 0. The molecule has 0 aliphatic rings. The molecule has 98 valence electrons. The predicted molar refractivity (Wildman–Crippen MR) is 68.6 cm³/mol. The second kappa shape index (κ2) is 4.63. The topological polar surface area (TPSA) is 96.7 Å². The quantitative estimate of drug-likeness (QED) is 0.724. The van der Waals surface area contributed by atoms with E-state index in [-0.39, 0.29) is 0 Å². The molecule has 0 saturated heterocycles. The zero-order valence-electron chi connectivity index (χ0n) is 10.7. The van der Waals surface area contributed by atoms with Gasteiger partial charge in [-0.25, -0.2) is 9.50 Å². The Bertz CT molecular complexity index is 669. The molecule has 0 aliphatic carbocycles. The van der Waals surface area contributed by atoms with Crippen molar-refractivity contribution in [3.8, 4) is 0 Å². The lowest BCUT2D eigenvalue weighted by atomic mass is 10.1. The number of anilines is 1. The maximum atomic E-state index is 4.50. The molecule has 0 aliphatic heterocycles. The van der Waals surface area contributed by atoms with Crippen molar-refractivity contribution in [2.24, 2.45) is 0 Å². The van der Waals surface area contributed by atoms with E-state index < -0.39 is 0 Å². The van der Waals surface area contributed by atoms with E-state index in [1.165, 1.54) is 0 Å². The lowest BCUT2D eigenvalue weighted by Crippen LogP contribution is -2.04. The maximum Gasteiger partial charge on any atom is 0.193 e. The number of hydrogen-bond acceptors (Lipinski definition) is 6. The van der Waals surface area contributed by atoms with Crippen LogP contribution in [0.5, 0.6) is 0 Å². The van der Waals surface area contributed by atoms with Crippen LogP contribution < -0.4 is 5.32 Å². The van der Waals surface area contributed by atoms with Crippen LogP contribution >= 0.6 is 0 Å². The number of fused-ring (bicyclic) bond motifs is 1. The van der Waals surface area contributed by atoms with E-state index in [4.69, 9.17) is 0 Å². The van der Waals surface area contributed by atoms with Gasteiger partial charge in [0.15, 0.2) is 11.6 Å². The molecule has 0 atom stereocenters. The number of aromatic amines is 1. The Morgan fingerprint density at radius 3 is 3.05 bits per heavy atom. The lowest BCUT2D eigenvalue weighted by Gasteiger charge is -2.03. The van der Waals surface area contributed by atoms with Gasteiger partial charge in [0, 0.05) is 12.4 Å². The van der Waals surface area contributed by atoms with Crippen molar-refractivity contribution < 1.29 is 0 Å². The molecule has 0 radical (unpaired) electrons. The SMILES string of the molecule is CC(C)c1cc2c(NCc3nn[nH]n3)nccn2n1. The van der Waals surface area contributed by atoms with Crippen LogP contribution in [-0.4, -0.2) is 35.2 Å². The third kappa shape index (κ3) is 2.24. The largest absolute Gasteiger partial charge is 0.361 e. The number of nitrogens with zero attached hydrogens (tertiary/aromatic N) is 6. The van der Waals surface area contributed by atoms with Gasteiger partial charge in [0.2, 0.25) is 0 Å². The van der Waals surface area contributed by atoms with Gasteiger partial charge in [-0.3, -0.25) is 0 Å². The summed E-state index contributed by atoms with van der Waals surface area (Å²) in [4.78, 5) is 4.32. The van der Waals surface area contributed by atoms with Crippen molar-refractivity contribution in [1.29, 1.82) is 0 Å². The Morgan fingerprint density at radius 2 is 2.32 bits per heavy atom. The van der Waals surface area contributed by atoms with Crippen LogP contribution in [0, 0.1) is 0 Å². The number of nitrogens with one attached hydrogen (secondary N) is 2. The Hall–Kier alpha value is -2.51. The highest BCUT2D eigenvalue weighted by molar-refractivity contribution is 5.67. The normalized spacial score (nSPS) is 11.3. The number of aromatic nitrogens is 7. The van der Waals surface area contributed by atoms with Gasteiger partial charge >= 0.3 is 0 Å². The van der Waals surface area contributed by atoms with Crippen LogP contribution in [0.15, 0.2) is 18.5 Å². The first kappa shape index (κ1) is 11.6. The average Bonchev–Trinajstić information content (AvgIpc) is 3.05. The number of hydrogen-bond donors (Lipinski definition) is 2. The fraction of sp³-hybridized carbons (Fsp3) is 0.364. The van der Waals surface area contributed by atoms with Gasteiger partial charge < -0.3 is 5.32 Å². The number of H-pyrrole nitrogens is 1. The monoisotopic (exact) mass is 258 g/mol. The van der Waals surface area contributed by atoms with E-state index in [1.807, 2.05) is 16.8 Å². The van der Waals surface area contributed by atoms with E-state index in [0.29, 0.717) is 18.3 Å². The minimum atomic E-state index is 0.380. The summed E-state index contributed by atoms with van der Waals surface area (Å²) in [6.45, 7) is 4.69. The lowest BCUT2D eigenvalue weighted by molar-refractivity contribution is 0.786. The molecular formula is C11H14N8. The van der Waals surface area contributed by atoms with Crippen molar-refractivity contribution in [2.45, 2.75) is 26.3 Å². The minimum Gasteiger partial charge on any atom is -0.361 e. The van der Waals surface area contributed by atoms with E-state index >= 15 is 0 Å². The van der Waals surface area contributed by atoms with Crippen LogP contribution in [0.4, 0.5) is 5.82 Å². The molecule has 0 aromatic carbocycles. The smallest absolute Gasteiger partial charge is 0.193 e. The fourth-order valence-corrected chi connectivity index (χ4v) is 1.78. The molecular weight excluding hydrogens is 244 g/mol. The minimum absolute atomic E-state index is 0.380. The molecule has 0 amide bonds. The highest BCUT2D eigenvalue weighted by Gasteiger charge is 2.10. The molecule has 8 nitrogen and oxygen atoms in total. The van der Waals surface area contributed by atoms with Gasteiger partial charge in [-0.1, -0.05) is 19.1 Å². The summed E-state index contributed by atoms with van der Waals surface area (Å²) in [6.07, 6.45) is 3.55. The van der Waals surface area contributed by atoms with Crippen LogP contribution in [-0.2, 0) is 6.54 Å². The zero-order chi connectivity index (χ0) is 13.2. The van der Waals surface area contributed by atoms with Crippen molar-refractivity contribution in [3.05, 3.63) is 30.0 Å². The van der Waals surface area contributed by atoms with E-state index in [0.717, 1.165) is 17.0 Å². The van der Waals surface area contributed by atoms with E-state index in [1.54, 1.807) is 6.20 Å². The first-order valence-electron chi connectivity index (χ1n) is 6.04. The predicted octanol–water partition coefficient (Wildman–Crippen LogP) is 0.978. The van der Waals surface area contributed by atoms with Gasteiger partial charge in [-0.05, 0) is 12.0 Å². The van der Waals surface area contributed by atoms with Crippen LogP contribution in [0.3, 0.4) is 0 Å². The highest BCUT2D eigenvalue weighted by atomic mass is 15.5. The Balaban J connectivity index is 1.90. The summed E-state index contributed by atoms with van der Waals surface area (Å²) in [5, 5.41) is 21.4. The third-order valence-corrected chi connectivity index (χ3v) is 2.80. The zero-order valence-corrected chi connectivity index (χ0v) is 10.7. The van der Waals surface area contributed by atoms with Gasteiger partial charge in [-0.15, -0.1) is 10.2 Å². The fourth-order valence-electron chi connectivity index (χ4n) is 1.78. The Kier molecular flexibility index (Phi) is 2.82. The van der Waals surface area contributed by atoms with Gasteiger partial charge in [0.1, 0.15) is 5.52 Å². The van der Waals surface area contributed by atoms with Crippen LogP contribution in [0.2, 0.25) is 0 Å². The molecule has 0 bridgehead atoms. The first-order chi connectivity index (χ1) is 9.24. The second-order valence-electron chi connectivity index (χ2n) is 4.51. The van der Waals surface area contributed by atoms with Crippen LogP contribution in [0.25, 0.3) is 5.52 Å². The molecule has 8 heteroatoms. The summed E-state index contributed by atoms with van der Waals surface area (Å²) in [5.41, 5.74) is 1.98. The van der Waals surface area contributed by atoms with E-state index in [2.05, 4.69) is 49.9 Å². The van der Waals surface area contributed by atoms with Crippen molar-refractivity contribution in [1.82, 2.24) is 35.2 Å². The Labute approximate surface area is 109 Å². The molecule has 3 aromatic heterocycles. The summed E-state index contributed by atoms with van der Waals surface area (Å²) in [6, 6.07) is 2.04. The van der Waals surface area contributed by atoms with Crippen molar-refractivity contribution in [3.63, 3.8) is 0 Å². The molecule has 3 heterocycles. The molecule has 0 saturated carbocycles. The molecule has 3 rings (SSSR count).